The fraction of sp³-hybridized carbons (Fsp3) is 0.688. The maximum absolute atomic E-state index is 13.1. The minimum Gasteiger partial charge on any atom is -0.316 e. The molecule has 0 spiro atoms. The van der Waals surface area contributed by atoms with Crippen molar-refractivity contribution in [2.75, 3.05) is 6.54 Å². The van der Waals surface area contributed by atoms with E-state index in [-0.39, 0.29) is 29.6 Å². The molecule has 29 heavy (non-hydrogen) atoms. The second-order valence-electron chi connectivity index (χ2n) is 8.10. The number of aromatic nitrogens is 4. The summed E-state index contributed by atoms with van der Waals surface area (Å²) in [6.45, 7) is 4.16. The zero-order valence-corrected chi connectivity index (χ0v) is 16.6. The first-order chi connectivity index (χ1) is 13.4. The molecule has 0 aromatic carbocycles. The third kappa shape index (κ3) is 3.44. The quantitative estimate of drug-likeness (QED) is 0.769. The molecule has 1 aliphatic heterocycles. The molecule has 2 fully saturated rings. The van der Waals surface area contributed by atoms with Crippen LogP contribution < -0.4 is 10.7 Å². The summed E-state index contributed by atoms with van der Waals surface area (Å²) in [6.07, 6.45) is -2.01. The van der Waals surface area contributed by atoms with Crippen LogP contribution in [0.1, 0.15) is 44.0 Å². The third-order valence-electron chi connectivity index (χ3n) is 5.85. The summed E-state index contributed by atoms with van der Waals surface area (Å²) in [4.78, 5) is 16.1. The number of fused-ring (bicyclic) bond motifs is 3. The second-order valence-corrected chi connectivity index (χ2v) is 9.60. The van der Waals surface area contributed by atoms with Gasteiger partial charge in [-0.3, -0.25) is 4.79 Å². The number of hydrogen-bond donors (Lipinski definition) is 1. The molecule has 2 aromatic rings. The normalized spacial score (nSPS) is 25.6. The third-order valence-corrected chi connectivity index (χ3v) is 6.95. The Morgan fingerprint density at radius 3 is 2.52 bits per heavy atom. The molecule has 1 aliphatic carbocycles. The molecule has 2 aliphatic rings. The number of halogens is 3. The van der Waals surface area contributed by atoms with Crippen LogP contribution in [-0.4, -0.2) is 44.5 Å². The zero-order chi connectivity index (χ0) is 21.3. The van der Waals surface area contributed by atoms with E-state index in [1.807, 2.05) is 0 Å². The van der Waals surface area contributed by atoms with E-state index in [2.05, 4.69) is 10.1 Å². The molecule has 0 amide bonds. The van der Waals surface area contributed by atoms with E-state index >= 15 is 0 Å². The highest BCUT2D eigenvalue weighted by Gasteiger charge is 2.48. The van der Waals surface area contributed by atoms with E-state index in [9.17, 15) is 26.4 Å². The molecule has 2 N–H and O–H groups in total. The van der Waals surface area contributed by atoms with E-state index in [4.69, 9.17) is 5.14 Å². The highest BCUT2D eigenvalue weighted by atomic mass is 32.2. The van der Waals surface area contributed by atoms with Gasteiger partial charge in [-0.25, -0.2) is 5.14 Å². The number of rotatable bonds is 4. The van der Waals surface area contributed by atoms with Gasteiger partial charge >= 0.3 is 6.18 Å². The topological polar surface area (TPSA) is 116 Å². The number of piperidine rings is 1. The van der Waals surface area contributed by atoms with E-state index in [1.165, 1.54) is 8.87 Å². The van der Waals surface area contributed by atoms with E-state index in [0.717, 1.165) is 0 Å². The lowest BCUT2D eigenvalue weighted by atomic mass is 9.95. The van der Waals surface area contributed by atoms with Crippen molar-refractivity contribution in [3.63, 3.8) is 0 Å². The minimum atomic E-state index is -4.77. The van der Waals surface area contributed by atoms with Gasteiger partial charge in [0.05, 0.1) is 0 Å². The molecule has 3 heterocycles. The van der Waals surface area contributed by atoms with Crippen molar-refractivity contribution in [1.29, 1.82) is 0 Å². The Morgan fingerprint density at radius 2 is 2.00 bits per heavy atom. The summed E-state index contributed by atoms with van der Waals surface area (Å²) in [5, 5.41) is 8.64. The molecule has 1 saturated carbocycles. The smallest absolute Gasteiger partial charge is 0.316 e. The second kappa shape index (κ2) is 6.51. The molecule has 9 nitrogen and oxygen atoms in total. The molecule has 3 atom stereocenters. The van der Waals surface area contributed by atoms with Gasteiger partial charge in [-0.05, 0) is 30.6 Å². The zero-order valence-electron chi connectivity index (χ0n) is 15.8. The number of alkyl halides is 3. The Morgan fingerprint density at radius 1 is 1.31 bits per heavy atom. The summed E-state index contributed by atoms with van der Waals surface area (Å²) in [5.41, 5.74) is -0.284. The Hall–Kier alpha value is -1.99. The monoisotopic (exact) mass is 434 g/mol. The molecule has 4 rings (SSSR count). The van der Waals surface area contributed by atoms with E-state index in [0.29, 0.717) is 36.0 Å². The Labute approximate surface area is 164 Å². The highest BCUT2D eigenvalue weighted by molar-refractivity contribution is 7.86. The average molecular weight is 434 g/mol. The number of hydrogen-bond acceptors (Lipinski definition) is 5. The summed E-state index contributed by atoms with van der Waals surface area (Å²) >= 11 is 0. The van der Waals surface area contributed by atoms with Crippen LogP contribution in [0.5, 0.6) is 0 Å². The first-order valence-corrected chi connectivity index (χ1v) is 10.7. The van der Waals surface area contributed by atoms with Crippen LogP contribution in [-0.2, 0) is 22.9 Å². The summed E-state index contributed by atoms with van der Waals surface area (Å²) < 4.78 is 66.2. The van der Waals surface area contributed by atoms with Crippen molar-refractivity contribution >= 4 is 16.0 Å². The van der Waals surface area contributed by atoms with Crippen molar-refractivity contribution in [1.82, 2.24) is 23.5 Å². The van der Waals surface area contributed by atoms with Crippen molar-refractivity contribution < 1.29 is 21.6 Å². The standard InChI is InChI=1S/C16H21F3N6O3S/c1-8(2)12-7-23(15-21-14(16(17,18)19)22-25(15)13(12)26)5-9-3-11-4-10(9)6-24(11)29(20,27)28/h7-11H,3-6H2,1-2H3,(H2,20,27,28)/t9-,10-,11+/m0/s1. The predicted molar refractivity (Wildman–Crippen MR) is 96.2 cm³/mol. The van der Waals surface area contributed by atoms with Crippen molar-refractivity contribution in [2.24, 2.45) is 17.0 Å². The molecular formula is C16H21F3N6O3S. The molecular weight excluding hydrogens is 413 g/mol. The average Bonchev–Trinajstić information content (AvgIpc) is 3.28. The number of nitrogens with zero attached hydrogens (tertiary/aromatic N) is 5. The van der Waals surface area contributed by atoms with Crippen LogP contribution >= 0.6 is 0 Å². The minimum absolute atomic E-state index is 0.0374. The molecule has 0 radical (unpaired) electrons. The van der Waals surface area contributed by atoms with Gasteiger partial charge in [0.1, 0.15) is 0 Å². The van der Waals surface area contributed by atoms with Crippen LogP contribution in [0.3, 0.4) is 0 Å². The van der Waals surface area contributed by atoms with Gasteiger partial charge in [0, 0.05) is 30.9 Å². The first-order valence-electron chi connectivity index (χ1n) is 9.23. The lowest BCUT2D eigenvalue weighted by Crippen LogP contribution is -2.44. The fourth-order valence-electron chi connectivity index (χ4n) is 4.49. The lowest BCUT2D eigenvalue weighted by Gasteiger charge is -2.29. The molecule has 13 heteroatoms. The SMILES string of the molecule is CC(C)c1cn(C[C@@H]2C[C@@H]3C[C@H]2CN3S(N)(=O)=O)c2nc(C(F)(F)F)nn2c1=O. The van der Waals surface area contributed by atoms with Crippen LogP contribution in [0.4, 0.5) is 13.2 Å². The molecule has 0 unspecified atom stereocenters. The Bertz CT molecular complexity index is 1120. The maximum Gasteiger partial charge on any atom is 0.453 e. The van der Waals surface area contributed by atoms with Gasteiger partial charge in [-0.1, -0.05) is 13.8 Å². The summed E-state index contributed by atoms with van der Waals surface area (Å²) in [5.74, 6) is -1.66. The summed E-state index contributed by atoms with van der Waals surface area (Å²) in [6, 6.07) is -0.205. The van der Waals surface area contributed by atoms with Crippen LogP contribution in [0.25, 0.3) is 5.78 Å². The largest absolute Gasteiger partial charge is 0.453 e. The van der Waals surface area contributed by atoms with Gasteiger partial charge in [0.15, 0.2) is 0 Å². The first kappa shape index (κ1) is 20.3. The van der Waals surface area contributed by atoms with Crippen LogP contribution in [0, 0.1) is 11.8 Å². The molecule has 2 aromatic heterocycles. The van der Waals surface area contributed by atoms with E-state index in [1.54, 1.807) is 20.0 Å². The van der Waals surface area contributed by atoms with Gasteiger partial charge in [-0.15, -0.1) is 5.10 Å². The van der Waals surface area contributed by atoms with E-state index < -0.39 is 27.8 Å². The van der Waals surface area contributed by atoms with Gasteiger partial charge in [-0.2, -0.15) is 35.4 Å². The van der Waals surface area contributed by atoms with Crippen molar-refractivity contribution in [3.05, 3.63) is 27.9 Å². The number of nitrogens with two attached hydrogens (primary N) is 1. The highest BCUT2D eigenvalue weighted by Crippen LogP contribution is 2.43. The maximum atomic E-state index is 13.1. The van der Waals surface area contributed by atoms with Crippen molar-refractivity contribution in [3.8, 4) is 0 Å². The van der Waals surface area contributed by atoms with Gasteiger partial charge in [0.25, 0.3) is 21.6 Å². The fourth-order valence-corrected chi connectivity index (χ4v) is 5.47. The predicted octanol–water partition coefficient (Wildman–Crippen LogP) is 0.947. The van der Waals surface area contributed by atoms with Crippen molar-refractivity contribution in [2.45, 2.75) is 51.4 Å². The van der Waals surface area contributed by atoms with Crippen LogP contribution in [0.2, 0.25) is 0 Å². The summed E-state index contributed by atoms with van der Waals surface area (Å²) in [7, 11) is -3.77. The van der Waals surface area contributed by atoms with Crippen LogP contribution in [0.15, 0.2) is 11.0 Å². The molecule has 2 bridgehead atoms. The Balaban J connectivity index is 1.72. The molecule has 160 valence electrons. The van der Waals surface area contributed by atoms with Gasteiger partial charge in [0.2, 0.25) is 5.78 Å². The molecule has 1 saturated heterocycles. The lowest BCUT2D eigenvalue weighted by molar-refractivity contribution is -0.144. The van der Waals surface area contributed by atoms with Gasteiger partial charge < -0.3 is 4.57 Å². The Kier molecular flexibility index (Phi) is 4.55.